The van der Waals surface area contributed by atoms with E-state index in [-0.39, 0.29) is 5.41 Å². The second kappa shape index (κ2) is 8.43. The Kier molecular flexibility index (Phi) is 7.24. The highest BCUT2D eigenvalue weighted by atomic mass is 16.5. The van der Waals surface area contributed by atoms with Crippen LogP contribution in [0.5, 0.6) is 5.75 Å². The van der Waals surface area contributed by atoms with Gasteiger partial charge in [0.1, 0.15) is 5.75 Å². The lowest BCUT2D eigenvalue weighted by atomic mass is 9.85. The Labute approximate surface area is 131 Å². The van der Waals surface area contributed by atoms with Gasteiger partial charge in [-0.25, -0.2) is 0 Å². The van der Waals surface area contributed by atoms with E-state index in [0.717, 1.165) is 25.0 Å². The molecule has 1 aromatic carbocycles. The van der Waals surface area contributed by atoms with E-state index in [0.29, 0.717) is 12.6 Å². The lowest BCUT2D eigenvalue weighted by Crippen LogP contribution is -2.19. The lowest BCUT2D eigenvalue weighted by Gasteiger charge is -2.23. The second-order valence-electron chi connectivity index (χ2n) is 6.95. The fourth-order valence-corrected chi connectivity index (χ4v) is 2.68. The first-order valence-corrected chi connectivity index (χ1v) is 8.40. The molecule has 2 heteroatoms. The highest BCUT2D eigenvalue weighted by molar-refractivity contribution is 5.41. The minimum absolute atomic E-state index is 0.110. The Morgan fingerprint density at radius 2 is 1.86 bits per heavy atom. The molecule has 0 saturated carbocycles. The summed E-state index contributed by atoms with van der Waals surface area (Å²) in [5, 5.41) is 0. The largest absolute Gasteiger partial charge is 0.494 e. The summed E-state index contributed by atoms with van der Waals surface area (Å²) in [6, 6.07) is 7.01. The van der Waals surface area contributed by atoms with Crippen LogP contribution in [-0.2, 0) is 11.8 Å². The Balaban J connectivity index is 2.72. The molecule has 1 atom stereocenters. The second-order valence-corrected chi connectivity index (χ2v) is 6.95. The van der Waals surface area contributed by atoms with Gasteiger partial charge in [0.15, 0.2) is 0 Å². The number of hydrogen-bond acceptors (Lipinski definition) is 2. The molecule has 0 aliphatic carbocycles. The molecule has 1 unspecified atom stereocenters. The third-order valence-electron chi connectivity index (χ3n) is 3.85. The van der Waals surface area contributed by atoms with Gasteiger partial charge in [0.25, 0.3) is 0 Å². The van der Waals surface area contributed by atoms with Crippen molar-refractivity contribution in [3.05, 3.63) is 29.3 Å². The molecule has 0 aliphatic rings. The van der Waals surface area contributed by atoms with Crippen molar-refractivity contribution in [1.29, 1.82) is 0 Å². The molecule has 0 spiro atoms. The van der Waals surface area contributed by atoms with Crippen molar-refractivity contribution in [3.63, 3.8) is 0 Å². The lowest BCUT2D eigenvalue weighted by molar-refractivity contribution is 0.329. The van der Waals surface area contributed by atoms with Crippen LogP contribution in [0.25, 0.3) is 0 Å². The van der Waals surface area contributed by atoms with Crippen LogP contribution >= 0.6 is 0 Å². The fourth-order valence-electron chi connectivity index (χ4n) is 2.68. The van der Waals surface area contributed by atoms with Gasteiger partial charge in [-0.2, -0.15) is 0 Å². The van der Waals surface area contributed by atoms with E-state index in [1.165, 1.54) is 24.0 Å². The summed E-state index contributed by atoms with van der Waals surface area (Å²) in [5.74, 6) is 1.02. The number of nitrogens with two attached hydrogens (primary N) is 1. The van der Waals surface area contributed by atoms with Gasteiger partial charge in [-0.1, -0.05) is 46.2 Å². The van der Waals surface area contributed by atoms with Crippen molar-refractivity contribution in [2.24, 2.45) is 5.73 Å². The zero-order valence-corrected chi connectivity index (χ0v) is 14.5. The molecule has 2 nitrogen and oxygen atoms in total. The topological polar surface area (TPSA) is 35.2 Å². The molecule has 2 N–H and O–H groups in total. The van der Waals surface area contributed by atoms with Crippen LogP contribution in [0.4, 0.5) is 0 Å². The first kappa shape index (κ1) is 18.0. The van der Waals surface area contributed by atoms with Crippen LogP contribution in [0, 0.1) is 0 Å². The summed E-state index contributed by atoms with van der Waals surface area (Å²) in [4.78, 5) is 0. The van der Waals surface area contributed by atoms with Crippen molar-refractivity contribution in [3.8, 4) is 5.75 Å². The van der Waals surface area contributed by atoms with Crippen LogP contribution in [0.15, 0.2) is 18.2 Å². The molecular weight excluding hydrogens is 258 g/mol. The van der Waals surface area contributed by atoms with E-state index in [9.17, 15) is 0 Å². The van der Waals surface area contributed by atoms with Crippen LogP contribution < -0.4 is 10.5 Å². The van der Waals surface area contributed by atoms with Gasteiger partial charge in [0.2, 0.25) is 0 Å². The standard InChI is InChI=1S/C19H33NO/c1-6-9-16(20)11-8-10-15-12-13-18(21-7-2)17(14-15)19(3,4)5/h12-14,16H,6-11,20H2,1-5H3. The average Bonchev–Trinajstić information content (AvgIpc) is 2.39. The Bertz CT molecular complexity index is 420. The van der Waals surface area contributed by atoms with Crippen molar-refractivity contribution < 1.29 is 4.74 Å². The fraction of sp³-hybridized carbons (Fsp3) is 0.684. The number of aryl methyl sites for hydroxylation is 1. The van der Waals surface area contributed by atoms with Gasteiger partial charge < -0.3 is 10.5 Å². The molecule has 120 valence electrons. The summed E-state index contributed by atoms with van der Waals surface area (Å²) in [5.41, 5.74) is 8.90. The predicted octanol–water partition coefficient (Wildman–Crippen LogP) is 4.83. The van der Waals surface area contributed by atoms with Crippen LogP contribution in [0.1, 0.15) is 71.4 Å². The third kappa shape index (κ3) is 6.09. The van der Waals surface area contributed by atoms with Crippen molar-refractivity contribution in [2.45, 2.75) is 78.2 Å². The summed E-state index contributed by atoms with van der Waals surface area (Å²) >= 11 is 0. The van der Waals surface area contributed by atoms with E-state index in [4.69, 9.17) is 10.5 Å². The molecule has 0 heterocycles. The molecule has 0 radical (unpaired) electrons. The minimum atomic E-state index is 0.110. The molecule has 21 heavy (non-hydrogen) atoms. The monoisotopic (exact) mass is 291 g/mol. The summed E-state index contributed by atoms with van der Waals surface area (Å²) in [6.45, 7) is 11.7. The zero-order chi connectivity index (χ0) is 15.9. The maximum absolute atomic E-state index is 6.09. The van der Waals surface area contributed by atoms with E-state index < -0.39 is 0 Å². The molecule has 0 bridgehead atoms. The summed E-state index contributed by atoms with van der Waals surface area (Å²) < 4.78 is 5.77. The van der Waals surface area contributed by atoms with Crippen molar-refractivity contribution >= 4 is 0 Å². The maximum Gasteiger partial charge on any atom is 0.123 e. The molecule has 0 aliphatic heterocycles. The minimum Gasteiger partial charge on any atom is -0.494 e. The van der Waals surface area contributed by atoms with Gasteiger partial charge in [-0.15, -0.1) is 0 Å². The van der Waals surface area contributed by atoms with Crippen LogP contribution in [-0.4, -0.2) is 12.6 Å². The predicted molar refractivity (Wildman–Crippen MR) is 92.1 cm³/mol. The molecule has 0 fully saturated rings. The molecule has 1 aromatic rings. The average molecular weight is 291 g/mol. The quantitative estimate of drug-likeness (QED) is 0.744. The Morgan fingerprint density at radius 3 is 2.43 bits per heavy atom. The third-order valence-corrected chi connectivity index (χ3v) is 3.85. The van der Waals surface area contributed by atoms with Crippen molar-refractivity contribution in [1.82, 2.24) is 0 Å². The maximum atomic E-state index is 6.09. The van der Waals surface area contributed by atoms with E-state index in [1.807, 2.05) is 6.92 Å². The SMILES string of the molecule is CCCC(N)CCCc1ccc(OCC)c(C(C)(C)C)c1. The van der Waals surface area contributed by atoms with Gasteiger partial charge in [-0.05, 0) is 55.2 Å². The first-order valence-electron chi connectivity index (χ1n) is 8.40. The normalized spacial score (nSPS) is 13.2. The molecule has 0 aromatic heterocycles. The van der Waals surface area contributed by atoms with E-state index in [2.05, 4.69) is 45.9 Å². The zero-order valence-electron chi connectivity index (χ0n) is 14.5. The molecule has 1 rings (SSSR count). The molecular formula is C19H33NO. The van der Waals surface area contributed by atoms with Gasteiger partial charge in [0, 0.05) is 6.04 Å². The summed E-state index contributed by atoms with van der Waals surface area (Å²) in [7, 11) is 0. The number of rotatable bonds is 8. The van der Waals surface area contributed by atoms with Crippen LogP contribution in [0.3, 0.4) is 0 Å². The Hall–Kier alpha value is -1.02. The van der Waals surface area contributed by atoms with Gasteiger partial charge in [-0.3, -0.25) is 0 Å². The van der Waals surface area contributed by atoms with E-state index in [1.54, 1.807) is 0 Å². The number of ether oxygens (including phenoxy) is 1. The number of hydrogen-bond donors (Lipinski definition) is 1. The van der Waals surface area contributed by atoms with Crippen LogP contribution in [0.2, 0.25) is 0 Å². The molecule has 0 saturated heterocycles. The van der Waals surface area contributed by atoms with Crippen molar-refractivity contribution in [2.75, 3.05) is 6.61 Å². The smallest absolute Gasteiger partial charge is 0.123 e. The molecule has 0 amide bonds. The highest BCUT2D eigenvalue weighted by Gasteiger charge is 2.19. The van der Waals surface area contributed by atoms with Gasteiger partial charge >= 0.3 is 0 Å². The van der Waals surface area contributed by atoms with E-state index >= 15 is 0 Å². The van der Waals surface area contributed by atoms with Gasteiger partial charge in [0.05, 0.1) is 6.61 Å². The highest BCUT2D eigenvalue weighted by Crippen LogP contribution is 2.32. The first-order chi connectivity index (χ1) is 9.88. The summed E-state index contributed by atoms with van der Waals surface area (Å²) in [6.07, 6.45) is 5.70. The Morgan fingerprint density at radius 1 is 1.14 bits per heavy atom. The number of benzene rings is 1.